The lowest BCUT2D eigenvalue weighted by Crippen LogP contribution is -2.30. The molecule has 0 aliphatic heterocycles. The molecule has 0 aromatic carbocycles. The summed E-state index contributed by atoms with van der Waals surface area (Å²) in [6.07, 6.45) is 11.6. The molecule has 0 saturated carbocycles. The zero-order valence-electron chi connectivity index (χ0n) is 12.9. The van der Waals surface area contributed by atoms with Crippen molar-refractivity contribution in [3.63, 3.8) is 0 Å². The van der Waals surface area contributed by atoms with Gasteiger partial charge in [-0.3, -0.25) is 4.79 Å². The molecule has 1 aromatic rings. The predicted molar refractivity (Wildman–Crippen MR) is 84.3 cm³/mol. The van der Waals surface area contributed by atoms with E-state index in [2.05, 4.69) is 26.7 Å². The van der Waals surface area contributed by atoms with Gasteiger partial charge in [0.15, 0.2) is 0 Å². The van der Waals surface area contributed by atoms with Crippen LogP contribution in [-0.4, -0.2) is 28.5 Å². The van der Waals surface area contributed by atoms with Crippen molar-refractivity contribution in [1.29, 1.82) is 0 Å². The van der Waals surface area contributed by atoms with Gasteiger partial charge in [0.2, 0.25) is 5.95 Å². The first kappa shape index (κ1) is 15.5. The molecule has 0 bridgehead atoms. The van der Waals surface area contributed by atoms with Gasteiger partial charge in [0.25, 0.3) is 5.91 Å². The summed E-state index contributed by atoms with van der Waals surface area (Å²) in [5, 5.41) is 6.02. The van der Waals surface area contributed by atoms with Crippen molar-refractivity contribution in [2.45, 2.75) is 52.0 Å². The first-order valence-electron chi connectivity index (χ1n) is 7.70. The summed E-state index contributed by atoms with van der Waals surface area (Å²) in [6.45, 7) is 4.69. The fourth-order valence-electron chi connectivity index (χ4n) is 2.35. The Morgan fingerprint density at radius 1 is 1.29 bits per heavy atom. The predicted octanol–water partition coefficient (Wildman–Crippen LogP) is 2.92. The van der Waals surface area contributed by atoms with Gasteiger partial charge in [-0.15, -0.1) is 0 Å². The Labute approximate surface area is 126 Å². The maximum absolute atomic E-state index is 11.8. The maximum Gasteiger partial charge on any atom is 0.254 e. The summed E-state index contributed by atoms with van der Waals surface area (Å²) in [6, 6.07) is 0.110. The fourth-order valence-corrected chi connectivity index (χ4v) is 2.35. The van der Waals surface area contributed by atoms with Crippen molar-refractivity contribution in [1.82, 2.24) is 15.3 Å². The Balaban J connectivity index is 1.79. The van der Waals surface area contributed by atoms with Gasteiger partial charge in [0.05, 0.1) is 5.56 Å². The number of nitrogens with one attached hydrogen (secondary N) is 2. The number of nitrogens with zero attached hydrogens (tertiary/aromatic N) is 2. The van der Waals surface area contributed by atoms with Gasteiger partial charge in [-0.25, -0.2) is 9.97 Å². The van der Waals surface area contributed by atoms with E-state index in [9.17, 15) is 4.79 Å². The molecule has 0 radical (unpaired) electrons. The van der Waals surface area contributed by atoms with Gasteiger partial charge < -0.3 is 10.6 Å². The minimum atomic E-state index is -0.135. The van der Waals surface area contributed by atoms with Crippen LogP contribution in [0.3, 0.4) is 0 Å². The fraction of sp³-hybridized carbons (Fsp3) is 0.562. The molecule has 0 saturated heterocycles. The van der Waals surface area contributed by atoms with Gasteiger partial charge >= 0.3 is 0 Å². The standard InChI is InChI=1S/C16H24N4O/c1-12(2)20-15(21)14-10-18-16(19-11-14)17-9-8-13-6-4-3-5-7-13/h6,10-12H,3-5,7-9H2,1-2H3,(H,20,21)(H,17,18,19). The minimum Gasteiger partial charge on any atom is -0.354 e. The molecule has 1 aromatic heterocycles. The van der Waals surface area contributed by atoms with E-state index < -0.39 is 0 Å². The zero-order chi connectivity index (χ0) is 15.1. The highest BCUT2D eigenvalue weighted by atomic mass is 16.1. The van der Waals surface area contributed by atoms with Crippen molar-refractivity contribution in [2.24, 2.45) is 0 Å². The number of carbonyl (C=O) groups excluding carboxylic acids is 1. The summed E-state index contributed by atoms with van der Waals surface area (Å²) in [5.41, 5.74) is 2.02. The summed E-state index contributed by atoms with van der Waals surface area (Å²) in [5.74, 6) is 0.441. The zero-order valence-corrected chi connectivity index (χ0v) is 12.9. The average molecular weight is 288 g/mol. The SMILES string of the molecule is CC(C)NC(=O)c1cnc(NCCC2=CCCCC2)nc1. The van der Waals surface area contributed by atoms with Crippen LogP contribution in [0.5, 0.6) is 0 Å². The van der Waals surface area contributed by atoms with Crippen molar-refractivity contribution in [2.75, 3.05) is 11.9 Å². The molecule has 2 N–H and O–H groups in total. The van der Waals surface area contributed by atoms with Crippen molar-refractivity contribution in [3.05, 3.63) is 29.6 Å². The van der Waals surface area contributed by atoms with E-state index in [4.69, 9.17) is 0 Å². The third-order valence-corrected chi connectivity index (χ3v) is 3.45. The molecule has 1 amide bonds. The van der Waals surface area contributed by atoms with E-state index in [1.165, 1.54) is 31.3 Å². The quantitative estimate of drug-likeness (QED) is 0.790. The molecule has 1 aliphatic rings. The number of hydrogen-bond donors (Lipinski definition) is 2. The number of hydrogen-bond acceptors (Lipinski definition) is 4. The van der Waals surface area contributed by atoms with Crippen LogP contribution in [0.25, 0.3) is 0 Å². The number of aromatic nitrogens is 2. The monoisotopic (exact) mass is 288 g/mol. The van der Waals surface area contributed by atoms with Gasteiger partial charge in [-0.1, -0.05) is 11.6 Å². The van der Waals surface area contributed by atoms with E-state index in [-0.39, 0.29) is 11.9 Å². The second kappa shape index (κ2) is 7.76. The number of anilines is 1. The lowest BCUT2D eigenvalue weighted by Gasteiger charge is -2.13. The van der Waals surface area contributed by atoms with Crippen LogP contribution in [0.4, 0.5) is 5.95 Å². The Morgan fingerprint density at radius 3 is 2.67 bits per heavy atom. The first-order chi connectivity index (χ1) is 10.1. The van der Waals surface area contributed by atoms with Gasteiger partial charge in [-0.2, -0.15) is 0 Å². The first-order valence-corrected chi connectivity index (χ1v) is 7.70. The third kappa shape index (κ3) is 5.17. The molecule has 114 valence electrons. The van der Waals surface area contributed by atoms with Crippen LogP contribution in [0, 0.1) is 0 Å². The molecule has 21 heavy (non-hydrogen) atoms. The minimum absolute atomic E-state index is 0.110. The maximum atomic E-state index is 11.8. The van der Waals surface area contributed by atoms with Crippen LogP contribution >= 0.6 is 0 Å². The van der Waals surface area contributed by atoms with Gasteiger partial charge in [0, 0.05) is 25.0 Å². The number of rotatable bonds is 6. The van der Waals surface area contributed by atoms with E-state index in [0.29, 0.717) is 11.5 Å². The second-order valence-corrected chi connectivity index (χ2v) is 5.71. The largest absolute Gasteiger partial charge is 0.354 e. The summed E-state index contributed by atoms with van der Waals surface area (Å²) in [4.78, 5) is 20.1. The van der Waals surface area contributed by atoms with E-state index >= 15 is 0 Å². The second-order valence-electron chi connectivity index (χ2n) is 5.71. The van der Waals surface area contributed by atoms with Crippen LogP contribution in [0.1, 0.15) is 56.3 Å². The lowest BCUT2D eigenvalue weighted by molar-refractivity contribution is 0.0942. The molecular formula is C16H24N4O. The number of allylic oxidation sites excluding steroid dienone is 1. The molecule has 1 heterocycles. The van der Waals surface area contributed by atoms with Crippen LogP contribution in [0.2, 0.25) is 0 Å². The molecule has 1 aliphatic carbocycles. The molecule has 0 unspecified atom stereocenters. The highest BCUT2D eigenvalue weighted by Gasteiger charge is 2.08. The van der Waals surface area contributed by atoms with Crippen LogP contribution < -0.4 is 10.6 Å². The van der Waals surface area contributed by atoms with Crippen molar-refractivity contribution >= 4 is 11.9 Å². The third-order valence-electron chi connectivity index (χ3n) is 3.45. The average Bonchev–Trinajstić information content (AvgIpc) is 2.48. The van der Waals surface area contributed by atoms with E-state index in [0.717, 1.165) is 13.0 Å². The molecular weight excluding hydrogens is 264 g/mol. The Morgan fingerprint density at radius 2 is 2.05 bits per heavy atom. The molecule has 5 nitrogen and oxygen atoms in total. The molecule has 2 rings (SSSR count). The normalized spacial score (nSPS) is 14.7. The molecule has 0 spiro atoms. The Kier molecular flexibility index (Phi) is 5.72. The lowest BCUT2D eigenvalue weighted by atomic mass is 9.97. The van der Waals surface area contributed by atoms with Gasteiger partial charge in [-0.05, 0) is 46.0 Å². The van der Waals surface area contributed by atoms with Crippen molar-refractivity contribution in [3.8, 4) is 0 Å². The summed E-state index contributed by atoms with van der Waals surface area (Å²) < 4.78 is 0. The summed E-state index contributed by atoms with van der Waals surface area (Å²) >= 11 is 0. The number of carbonyl (C=O) groups is 1. The van der Waals surface area contributed by atoms with Gasteiger partial charge in [0.1, 0.15) is 0 Å². The van der Waals surface area contributed by atoms with E-state index in [1.54, 1.807) is 12.4 Å². The Bertz CT molecular complexity index is 494. The van der Waals surface area contributed by atoms with Crippen molar-refractivity contribution < 1.29 is 4.79 Å². The van der Waals surface area contributed by atoms with E-state index in [1.807, 2.05) is 13.8 Å². The summed E-state index contributed by atoms with van der Waals surface area (Å²) in [7, 11) is 0. The van der Waals surface area contributed by atoms with Crippen LogP contribution in [0.15, 0.2) is 24.0 Å². The van der Waals surface area contributed by atoms with Crippen LogP contribution in [-0.2, 0) is 0 Å². The topological polar surface area (TPSA) is 66.9 Å². The highest BCUT2D eigenvalue weighted by molar-refractivity contribution is 5.93. The molecule has 0 fully saturated rings. The smallest absolute Gasteiger partial charge is 0.254 e. The highest BCUT2D eigenvalue weighted by Crippen LogP contribution is 2.19. The number of amides is 1. The molecule has 0 atom stereocenters. The molecule has 5 heteroatoms. The Hall–Kier alpha value is -1.91.